The van der Waals surface area contributed by atoms with E-state index in [0.717, 1.165) is 22.6 Å². The quantitative estimate of drug-likeness (QED) is 0.853. The van der Waals surface area contributed by atoms with Gasteiger partial charge in [-0.2, -0.15) is 11.8 Å². The van der Waals surface area contributed by atoms with Gasteiger partial charge in [0.25, 0.3) is 0 Å². The molecule has 116 valence electrons. The minimum Gasteiger partial charge on any atom is -0.497 e. The Morgan fingerprint density at radius 3 is 2.41 bits per heavy atom. The van der Waals surface area contributed by atoms with Gasteiger partial charge in [-0.25, -0.2) is 0 Å². The Kier molecular flexibility index (Phi) is 6.27. The Balaban J connectivity index is 2.22. The van der Waals surface area contributed by atoms with Crippen LogP contribution < -0.4 is 10.1 Å². The van der Waals surface area contributed by atoms with Gasteiger partial charge < -0.3 is 10.1 Å². The summed E-state index contributed by atoms with van der Waals surface area (Å²) in [7, 11) is 1.64. The normalized spacial score (nSPS) is 11.7. The highest BCUT2D eigenvalue weighted by atomic mass is 32.2. The van der Waals surface area contributed by atoms with Crippen molar-refractivity contribution in [1.82, 2.24) is 10.3 Å². The summed E-state index contributed by atoms with van der Waals surface area (Å²) in [5.41, 5.74) is 2.02. The van der Waals surface area contributed by atoms with Crippen LogP contribution in [0.2, 0.25) is 0 Å². The molecule has 0 aliphatic carbocycles. The van der Waals surface area contributed by atoms with Crippen LogP contribution in [-0.4, -0.2) is 29.5 Å². The number of amides is 1. The predicted octanol–water partition coefficient (Wildman–Crippen LogP) is 3.05. The molecule has 5 heteroatoms. The first-order chi connectivity index (χ1) is 10.7. The number of carbonyl (C=O) groups is 1. The highest BCUT2D eigenvalue weighted by Crippen LogP contribution is 2.24. The lowest BCUT2D eigenvalue weighted by molar-refractivity contribution is -0.119. The van der Waals surface area contributed by atoms with Gasteiger partial charge in [-0.05, 0) is 41.1 Å². The van der Waals surface area contributed by atoms with Crippen LogP contribution in [0.3, 0.4) is 0 Å². The molecule has 1 aromatic carbocycles. The molecule has 0 spiro atoms. The summed E-state index contributed by atoms with van der Waals surface area (Å²) in [5.74, 6) is 2.22. The number of aromatic nitrogens is 1. The van der Waals surface area contributed by atoms with E-state index < -0.39 is 0 Å². The van der Waals surface area contributed by atoms with Gasteiger partial charge in [0.05, 0.1) is 18.9 Å². The molecular weight excluding hydrogens is 296 g/mol. The smallest absolute Gasteiger partial charge is 0.230 e. The largest absolute Gasteiger partial charge is 0.497 e. The van der Waals surface area contributed by atoms with Gasteiger partial charge in [0.1, 0.15) is 5.75 Å². The predicted molar refractivity (Wildman–Crippen MR) is 90.2 cm³/mol. The van der Waals surface area contributed by atoms with Crippen molar-refractivity contribution in [1.29, 1.82) is 0 Å². The number of rotatable bonds is 7. The Labute approximate surface area is 135 Å². The molecule has 0 unspecified atom stereocenters. The molecule has 2 aromatic rings. The molecule has 22 heavy (non-hydrogen) atoms. The maximum Gasteiger partial charge on any atom is 0.230 e. The number of thioether (sulfide) groups is 1. The van der Waals surface area contributed by atoms with Crippen LogP contribution in [0.25, 0.3) is 0 Å². The third kappa shape index (κ3) is 4.49. The van der Waals surface area contributed by atoms with E-state index in [2.05, 4.69) is 10.3 Å². The lowest BCUT2D eigenvalue weighted by Gasteiger charge is -2.20. The molecular formula is C17H20N2O2S. The van der Waals surface area contributed by atoms with Crippen LogP contribution >= 0.6 is 11.8 Å². The highest BCUT2D eigenvalue weighted by molar-refractivity contribution is 7.99. The zero-order chi connectivity index (χ0) is 15.8. The highest BCUT2D eigenvalue weighted by Gasteiger charge is 2.16. The van der Waals surface area contributed by atoms with Gasteiger partial charge in [-0.1, -0.05) is 19.1 Å². The summed E-state index contributed by atoms with van der Waals surface area (Å²) < 4.78 is 5.19. The van der Waals surface area contributed by atoms with Crippen LogP contribution in [0.1, 0.15) is 24.1 Å². The first kappa shape index (κ1) is 16.4. The van der Waals surface area contributed by atoms with Gasteiger partial charge in [0.15, 0.2) is 0 Å². The summed E-state index contributed by atoms with van der Waals surface area (Å²) in [6.07, 6.45) is 3.47. The summed E-state index contributed by atoms with van der Waals surface area (Å²) in [6.45, 7) is 2.04. The summed E-state index contributed by atoms with van der Waals surface area (Å²) in [5, 5.41) is 3.09. The van der Waals surface area contributed by atoms with Crippen molar-refractivity contribution in [3.05, 3.63) is 59.9 Å². The molecule has 1 N–H and O–H groups in total. The van der Waals surface area contributed by atoms with E-state index in [9.17, 15) is 4.79 Å². The van der Waals surface area contributed by atoms with Gasteiger partial charge in [0, 0.05) is 12.4 Å². The number of methoxy groups -OCH3 is 1. The average Bonchev–Trinajstić information content (AvgIpc) is 2.59. The zero-order valence-corrected chi connectivity index (χ0v) is 13.6. The maximum absolute atomic E-state index is 12.1. The zero-order valence-electron chi connectivity index (χ0n) is 12.8. The van der Waals surface area contributed by atoms with Gasteiger partial charge in [-0.3, -0.25) is 9.78 Å². The average molecular weight is 316 g/mol. The maximum atomic E-state index is 12.1. The van der Waals surface area contributed by atoms with Gasteiger partial charge >= 0.3 is 0 Å². The minimum absolute atomic E-state index is 0.0319. The van der Waals surface area contributed by atoms with E-state index in [1.54, 1.807) is 31.3 Å². The number of ether oxygens (including phenoxy) is 1. The van der Waals surface area contributed by atoms with E-state index >= 15 is 0 Å². The lowest BCUT2D eigenvalue weighted by Crippen LogP contribution is -2.30. The molecule has 0 aliphatic rings. The van der Waals surface area contributed by atoms with Crippen LogP contribution in [0.4, 0.5) is 0 Å². The summed E-state index contributed by atoms with van der Waals surface area (Å²) in [4.78, 5) is 16.2. The van der Waals surface area contributed by atoms with Crippen LogP contribution in [0, 0.1) is 0 Å². The molecule has 2 rings (SSSR count). The first-order valence-electron chi connectivity index (χ1n) is 7.15. The van der Waals surface area contributed by atoms with Gasteiger partial charge in [-0.15, -0.1) is 0 Å². The molecule has 1 amide bonds. The monoisotopic (exact) mass is 316 g/mol. The van der Waals surface area contributed by atoms with Crippen molar-refractivity contribution in [2.75, 3.05) is 18.6 Å². The fourth-order valence-corrected chi connectivity index (χ4v) is 2.58. The Morgan fingerprint density at radius 1 is 1.18 bits per heavy atom. The molecule has 0 aliphatic heterocycles. The number of pyridine rings is 1. The molecule has 1 heterocycles. The van der Waals surface area contributed by atoms with E-state index in [4.69, 9.17) is 4.74 Å². The van der Waals surface area contributed by atoms with Gasteiger partial charge in [0.2, 0.25) is 5.91 Å². The Hall–Kier alpha value is -2.01. The summed E-state index contributed by atoms with van der Waals surface area (Å²) >= 11 is 1.61. The third-order valence-corrected chi connectivity index (χ3v) is 4.11. The molecule has 0 fully saturated rings. The SMILES string of the molecule is CCSCC(=O)N[C@H](c1ccncc1)c1ccc(OC)cc1. The lowest BCUT2D eigenvalue weighted by atomic mass is 9.99. The number of hydrogen-bond acceptors (Lipinski definition) is 4. The molecule has 0 bridgehead atoms. The molecule has 1 atom stereocenters. The van der Waals surface area contributed by atoms with E-state index in [-0.39, 0.29) is 11.9 Å². The van der Waals surface area contributed by atoms with Crippen molar-refractivity contribution in [3.63, 3.8) is 0 Å². The first-order valence-corrected chi connectivity index (χ1v) is 8.31. The van der Waals surface area contributed by atoms with Crippen molar-refractivity contribution < 1.29 is 9.53 Å². The van der Waals surface area contributed by atoms with E-state index in [1.807, 2.05) is 43.3 Å². The number of nitrogens with one attached hydrogen (secondary N) is 1. The molecule has 0 radical (unpaired) electrons. The van der Waals surface area contributed by atoms with Crippen molar-refractivity contribution in [2.45, 2.75) is 13.0 Å². The Bertz CT molecular complexity index is 587. The number of carbonyl (C=O) groups excluding carboxylic acids is 1. The fraction of sp³-hybridized carbons (Fsp3) is 0.294. The molecule has 4 nitrogen and oxygen atoms in total. The van der Waals surface area contributed by atoms with Crippen LogP contribution in [0.5, 0.6) is 5.75 Å². The van der Waals surface area contributed by atoms with Crippen LogP contribution in [0.15, 0.2) is 48.8 Å². The number of hydrogen-bond donors (Lipinski definition) is 1. The summed E-state index contributed by atoms with van der Waals surface area (Å²) in [6, 6.07) is 11.4. The second kappa shape index (κ2) is 8.44. The Morgan fingerprint density at radius 2 is 1.82 bits per heavy atom. The second-order valence-electron chi connectivity index (χ2n) is 4.69. The van der Waals surface area contributed by atoms with Crippen molar-refractivity contribution in [3.8, 4) is 5.75 Å². The van der Waals surface area contributed by atoms with Crippen molar-refractivity contribution in [2.24, 2.45) is 0 Å². The molecule has 0 saturated carbocycles. The number of nitrogens with zero attached hydrogens (tertiary/aromatic N) is 1. The van der Waals surface area contributed by atoms with Crippen molar-refractivity contribution >= 4 is 17.7 Å². The fourth-order valence-electron chi connectivity index (χ4n) is 2.11. The van der Waals surface area contributed by atoms with E-state index in [0.29, 0.717) is 5.75 Å². The third-order valence-electron chi connectivity index (χ3n) is 3.23. The second-order valence-corrected chi connectivity index (χ2v) is 5.97. The number of benzene rings is 1. The topological polar surface area (TPSA) is 51.2 Å². The molecule has 0 saturated heterocycles. The molecule has 1 aromatic heterocycles. The van der Waals surface area contributed by atoms with E-state index in [1.165, 1.54) is 0 Å². The standard InChI is InChI=1S/C17H20N2O2S/c1-3-22-12-16(20)19-17(14-8-10-18-11-9-14)13-4-6-15(21-2)7-5-13/h4-11,17H,3,12H2,1-2H3,(H,19,20)/t17-/m0/s1. The minimum atomic E-state index is -0.182. The van der Waals surface area contributed by atoms with Crippen LogP contribution in [-0.2, 0) is 4.79 Å².